The number of hydrogen-bond donors (Lipinski definition) is 0. The highest BCUT2D eigenvalue weighted by atomic mass is 16.6. The number of ether oxygens (including phenoxy) is 3. The minimum Gasteiger partial charge on any atom is -0.443 e. The maximum Gasteiger partial charge on any atom is 0.417 e. The van der Waals surface area contributed by atoms with E-state index in [0.29, 0.717) is 12.5 Å². The first kappa shape index (κ1) is 19.6. The molecule has 26 heavy (non-hydrogen) atoms. The minimum atomic E-state index is -0.626. The van der Waals surface area contributed by atoms with E-state index in [4.69, 9.17) is 14.2 Å². The van der Waals surface area contributed by atoms with Crippen LogP contribution in [0.25, 0.3) is 0 Å². The Morgan fingerprint density at radius 2 is 1.92 bits per heavy atom. The van der Waals surface area contributed by atoms with Gasteiger partial charge in [-0.25, -0.2) is 9.69 Å². The molecule has 0 radical (unpaired) electrons. The smallest absolute Gasteiger partial charge is 0.417 e. The van der Waals surface area contributed by atoms with Crippen molar-refractivity contribution in [2.24, 2.45) is 23.7 Å². The van der Waals surface area contributed by atoms with E-state index in [1.807, 2.05) is 27.7 Å². The number of imide groups is 1. The Bertz CT molecular complexity index is 557. The molecule has 148 valence electrons. The first-order chi connectivity index (χ1) is 12.2. The van der Waals surface area contributed by atoms with E-state index in [2.05, 4.69) is 13.8 Å². The third kappa shape index (κ3) is 3.50. The Morgan fingerprint density at radius 1 is 1.23 bits per heavy atom. The summed E-state index contributed by atoms with van der Waals surface area (Å²) in [6.45, 7) is 13.1. The number of carbonyl (C=O) groups excluding carboxylic acids is 2. The molecule has 0 aromatic rings. The second-order valence-corrected chi connectivity index (χ2v) is 9.05. The highest BCUT2D eigenvalue weighted by Gasteiger charge is 2.67. The molecule has 0 aromatic carbocycles. The third-order valence-electron chi connectivity index (χ3n) is 6.05. The number of likely N-dealkylation sites (tertiary alicyclic amines) is 1. The van der Waals surface area contributed by atoms with E-state index in [-0.39, 0.29) is 41.9 Å². The molecule has 1 aliphatic carbocycles. The second kappa shape index (κ2) is 7.12. The Kier molecular flexibility index (Phi) is 5.37. The van der Waals surface area contributed by atoms with Gasteiger partial charge in [0.1, 0.15) is 5.60 Å². The van der Waals surface area contributed by atoms with E-state index in [0.717, 1.165) is 19.4 Å². The fourth-order valence-corrected chi connectivity index (χ4v) is 4.72. The molecule has 6 nitrogen and oxygen atoms in total. The molecule has 3 rings (SSSR count). The van der Waals surface area contributed by atoms with Crippen LogP contribution in [0.5, 0.6) is 0 Å². The largest absolute Gasteiger partial charge is 0.443 e. The number of unbranched alkanes of at least 4 members (excludes halogenated alkanes) is 1. The molecular formula is C20H33NO5. The number of hydrogen-bond acceptors (Lipinski definition) is 5. The fraction of sp³-hybridized carbons (Fsp3) is 0.900. The molecule has 0 N–H and O–H groups in total. The molecule has 1 unspecified atom stereocenters. The van der Waals surface area contributed by atoms with Crippen LogP contribution < -0.4 is 0 Å². The van der Waals surface area contributed by atoms with E-state index < -0.39 is 11.7 Å². The highest BCUT2D eigenvalue weighted by molar-refractivity contribution is 5.96. The summed E-state index contributed by atoms with van der Waals surface area (Å²) in [5, 5.41) is 0. The number of fused-ring (bicyclic) bond motifs is 3. The average molecular weight is 367 g/mol. The molecule has 0 aromatic heterocycles. The summed E-state index contributed by atoms with van der Waals surface area (Å²) in [7, 11) is 0. The number of carbonyl (C=O) groups is 2. The molecule has 7 atom stereocenters. The first-order valence-electron chi connectivity index (χ1n) is 9.96. The van der Waals surface area contributed by atoms with Crippen molar-refractivity contribution in [2.75, 3.05) is 13.2 Å². The summed E-state index contributed by atoms with van der Waals surface area (Å²) in [6.07, 6.45) is 1.66. The van der Waals surface area contributed by atoms with E-state index in [9.17, 15) is 9.59 Å². The van der Waals surface area contributed by atoms with Crippen molar-refractivity contribution in [2.45, 2.75) is 78.2 Å². The molecule has 3 aliphatic rings. The maximum absolute atomic E-state index is 13.0. The number of epoxide rings is 1. The van der Waals surface area contributed by atoms with Crippen molar-refractivity contribution in [1.29, 1.82) is 0 Å². The topological polar surface area (TPSA) is 68.4 Å². The molecule has 2 saturated heterocycles. The molecule has 6 heteroatoms. The number of rotatable bonds is 5. The van der Waals surface area contributed by atoms with Gasteiger partial charge in [0.2, 0.25) is 5.91 Å². The van der Waals surface area contributed by atoms with Crippen molar-refractivity contribution < 1.29 is 23.8 Å². The van der Waals surface area contributed by atoms with Crippen molar-refractivity contribution in [1.82, 2.24) is 4.90 Å². The van der Waals surface area contributed by atoms with Crippen LogP contribution in [0.15, 0.2) is 0 Å². The van der Waals surface area contributed by atoms with Gasteiger partial charge in [-0.15, -0.1) is 0 Å². The zero-order valence-electron chi connectivity index (χ0n) is 16.9. The van der Waals surface area contributed by atoms with Crippen LogP contribution in [0.4, 0.5) is 4.79 Å². The monoisotopic (exact) mass is 367 g/mol. The van der Waals surface area contributed by atoms with Crippen molar-refractivity contribution in [3.8, 4) is 0 Å². The summed E-state index contributed by atoms with van der Waals surface area (Å²) < 4.78 is 17.3. The minimum absolute atomic E-state index is 0.0516. The maximum atomic E-state index is 13.0. The highest BCUT2D eigenvalue weighted by Crippen LogP contribution is 2.55. The Morgan fingerprint density at radius 3 is 2.54 bits per heavy atom. The standard InChI is InChI=1S/C20H33NO5/c1-7-8-9-24-10-13-11(2)16-17(25-16)15-14(13)12(3)21(18(15)22)19(23)26-20(4,5)6/h11-17H,7-10H2,1-6H3/t11-,12+,13-,14-,15+,16?,17+/m0/s1. The summed E-state index contributed by atoms with van der Waals surface area (Å²) in [5.74, 6) is 0.215. The van der Waals surface area contributed by atoms with Crippen LogP contribution in [0.3, 0.4) is 0 Å². The van der Waals surface area contributed by atoms with Gasteiger partial charge in [0.15, 0.2) is 0 Å². The van der Waals surface area contributed by atoms with E-state index >= 15 is 0 Å². The van der Waals surface area contributed by atoms with E-state index in [1.165, 1.54) is 4.90 Å². The van der Waals surface area contributed by atoms with Gasteiger partial charge in [0.05, 0.1) is 24.7 Å². The van der Waals surface area contributed by atoms with Crippen molar-refractivity contribution in [3.05, 3.63) is 0 Å². The Labute approximate surface area is 156 Å². The van der Waals surface area contributed by atoms with Crippen LogP contribution in [0.2, 0.25) is 0 Å². The molecule has 2 amide bonds. The summed E-state index contributed by atoms with van der Waals surface area (Å²) in [6, 6.07) is -0.199. The van der Waals surface area contributed by atoms with Gasteiger partial charge in [-0.05, 0) is 51.9 Å². The van der Waals surface area contributed by atoms with Crippen LogP contribution >= 0.6 is 0 Å². The van der Waals surface area contributed by atoms with Crippen LogP contribution in [0.1, 0.15) is 54.4 Å². The van der Waals surface area contributed by atoms with E-state index in [1.54, 1.807) is 0 Å². The SMILES string of the molecule is CCCCOC[C@@H]1[C@H]2[C@@H](C(=O)N(C(=O)OC(C)(C)C)[C@@H]2C)[C@H]2OC2[C@H]1C. The lowest BCUT2D eigenvalue weighted by atomic mass is 9.66. The van der Waals surface area contributed by atoms with Gasteiger partial charge in [0.25, 0.3) is 0 Å². The van der Waals surface area contributed by atoms with Crippen LogP contribution in [0, 0.1) is 23.7 Å². The van der Waals surface area contributed by atoms with Gasteiger partial charge in [-0.1, -0.05) is 20.3 Å². The Hall–Kier alpha value is -1.14. The molecule has 3 fully saturated rings. The van der Waals surface area contributed by atoms with Crippen molar-refractivity contribution in [3.63, 3.8) is 0 Å². The number of nitrogens with zero attached hydrogens (tertiary/aromatic N) is 1. The second-order valence-electron chi connectivity index (χ2n) is 9.05. The lowest BCUT2D eigenvalue weighted by Gasteiger charge is -2.36. The lowest BCUT2D eigenvalue weighted by molar-refractivity contribution is -0.132. The molecule has 1 saturated carbocycles. The van der Waals surface area contributed by atoms with Crippen LogP contribution in [-0.4, -0.2) is 54.0 Å². The van der Waals surface area contributed by atoms with Gasteiger partial charge in [-0.2, -0.15) is 0 Å². The summed E-state index contributed by atoms with van der Waals surface area (Å²) in [4.78, 5) is 27.0. The third-order valence-corrected chi connectivity index (χ3v) is 6.05. The molecule has 0 bridgehead atoms. The first-order valence-corrected chi connectivity index (χ1v) is 9.96. The molecule has 2 heterocycles. The van der Waals surface area contributed by atoms with Gasteiger partial charge >= 0.3 is 6.09 Å². The van der Waals surface area contributed by atoms with Gasteiger partial charge in [-0.3, -0.25) is 4.79 Å². The summed E-state index contributed by atoms with van der Waals surface area (Å²) >= 11 is 0. The van der Waals surface area contributed by atoms with Gasteiger partial charge in [0, 0.05) is 12.6 Å². The predicted octanol–water partition coefficient (Wildman–Crippen LogP) is 3.23. The summed E-state index contributed by atoms with van der Waals surface area (Å²) in [5.41, 5.74) is -0.626. The lowest BCUT2D eigenvalue weighted by Crippen LogP contribution is -2.45. The molecular weight excluding hydrogens is 334 g/mol. The quantitative estimate of drug-likeness (QED) is 0.551. The normalized spacial score (nSPS) is 38.8. The predicted molar refractivity (Wildman–Crippen MR) is 96.6 cm³/mol. The fourth-order valence-electron chi connectivity index (χ4n) is 4.72. The average Bonchev–Trinajstić information content (AvgIpc) is 3.27. The zero-order chi connectivity index (χ0) is 19.2. The molecule has 0 spiro atoms. The molecule has 2 aliphatic heterocycles. The van der Waals surface area contributed by atoms with Crippen molar-refractivity contribution >= 4 is 12.0 Å². The zero-order valence-corrected chi connectivity index (χ0v) is 16.9. The Balaban J connectivity index is 1.77. The van der Waals surface area contributed by atoms with Crippen LogP contribution in [-0.2, 0) is 19.0 Å². The van der Waals surface area contributed by atoms with Gasteiger partial charge < -0.3 is 14.2 Å². The number of amides is 2.